The monoisotopic (exact) mass is 292 g/mol. The lowest BCUT2D eigenvalue weighted by molar-refractivity contribution is -0.142. The summed E-state index contributed by atoms with van der Waals surface area (Å²) in [7, 11) is 0. The third-order valence-corrected chi connectivity index (χ3v) is 4.14. The van der Waals surface area contributed by atoms with E-state index in [0.29, 0.717) is 16.0 Å². The molecule has 0 aliphatic carbocycles. The Morgan fingerprint density at radius 2 is 2.15 bits per heavy atom. The van der Waals surface area contributed by atoms with Gasteiger partial charge in [0.2, 0.25) is 0 Å². The summed E-state index contributed by atoms with van der Waals surface area (Å²) in [5.74, 6) is -0.0945. The second kappa shape index (κ2) is 5.58. The molecule has 1 N–H and O–H groups in total. The van der Waals surface area contributed by atoms with Crippen molar-refractivity contribution in [2.75, 3.05) is 0 Å². The van der Waals surface area contributed by atoms with Crippen molar-refractivity contribution in [2.24, 2.45) is 0 Å². The molecular weight excluding hydrogens is 276 g/mol. The number of allylic oxidation sites excluding steroid dienone is 1. The average Bonchev–Trinajstić information content (AvgIpc) is 2.65. The molecule has 0 aliphatic heterocycles. The molecule has 1 atom stereocenters. The Hall–Kier alpha value is -1.95. The van der Waals surface area contributed by atoms with Crippen LogP contribution in [0, 0.1) is 13.8 Å². The SMILES string of the molecule is CC=CC(=O)OC(C)c1nc2sc(C)c(C)c2c(=O)[nH]1. The van der Waals surface area contributed by atoms with Crippen LogP contribution >= 0.6 is 11.3 Å². The molecule has 0 saturated heterocycles. The molecule has 0 amide bonds. The van der Waals surface area contributed by atoms with Crippen molar-refractivity contribution in [1.82, 2.24) is 9.97 Å². The van der Waals surface area contributed by atoms with E-state index in [1.54, 1.807) is 19.9 Å². The van der Waals surface area contributed by atoms with Crippen molar-refractivity contribution in [3.05, 3.63) is 38.8 Å². The van der Waals surface area contributed by atoms with Crippen LogP contribution in [0.5, 0.6) is 0 Å². The van der Waals surface area contributed by atoms with Gasteiger partial charge in [0.05, 0.1) is 5.39 Å². The van der Waals surface area contributed by atoms with Crippen molar-refractivity contribution in [3.8, 4) is 0 Å². The van der Waals surface area contributed by atoms with Gasteiger partial charge in [-0.3, -0.25) is 4.79 Å². The maximum absolute atomic E-state index is 12.1. The van der Waals surface area contributed by atoms with E-state index < -0.39 is 12.1 Å². The molecule has 0 aliphatic rings. The van der Waals surface area contributed by atoms with Crippen molar-refractivity contribution in [3.63, 3.8) is 0 Å². The molecule has 0 fully saturated rings. The van der Waals surface area contributed by atoms with Gasteiger partial charge in [0.1, 0.15) is 4.83 Å². The molecule has 2 heterocycles. The predicted octanol–water partition coefficient (Wildman–Crippen LogP) is 2.78. The number of nitrogens with one attached hydrogen (secondary N) is 1. The number of carbonyl (C=O) groups excluding carboxylic acids is 1. The maximum Gasteiger partial charge on any atom is 0.331 e. The Balaban J connectivity index is 2.41. The van der Waals surface area contributed by atoms with Crippen LogP contribution in [-0.2, 0) is 9.53 Å². The molecule has 2 aromatic heterocycles. The van der Waals surface area contributed by atoms with Crippen LogP contribution in [-0.4, -0.2) is 15.9 Å². The highest BCUT2D eigenvalue weighted by Crippen LogP contribution is 2.26. The minimum absolute atomic E-state index is 0.194. The quantitative estimate of drug-likeness (QED) is 0.697. The minimum Gasteiger partial charge on any atom is -0.451 e. The average molecular weight is 292 g/mol. The van der Waals surface area contributed by atoms with E-state index in [4.69, 9.17) is 4.74 Å². The lowest BCUT2D eigenvalue weighted by Gasteiger charge is -2.10. The summed E-state index contributed by atoms with van der Waals surface area (Å²) in [4.78, 5) is 32.3. The highest BCUT2D eigenvalue weighted by atomic mass is 32.1. The molecule has 0 bridgehead atoms. The van der Waals surface area contributed by atoms with Crippen molar-refractivity contribution < 1.29 is 9.53 Å². The number of aromatic nitrogens is 2. The van der Waals surface area contributed by atoms with Gasteiger partial charge in [-0.05, 0) is 33.3 Å². The fourth-order valence-electron chi connectivity index (χ4n) is 1.87. The number of nitrogens with zero attached hydrogens (tertiary/aromatic N) is 1. The van der Waals surface area contributed by atoms with Gasteiger partial charge in [0, 0.05) is 11.0 Å². The topological polar surface area (TPSA) is 72.0 Å². The number of aryl methyl sites for hydroxylation is 2. The molecule has 2 aromatic rings. The van der Waals surface area contributed by atoms with Crippen LogP contribution in [0.2, 0.25) is 0 Å². The summed E-state index contributed by atoms with van der Waals surface area (Å²) in [5, 5.41) is 0.614. The van der Waals surface area contributed by atoms with Crippen LogP contribution < -0.4 is 5.56 Å². The predicted molar refractivity (Wildman–Crippen MR) is 79.0 cm³/mol. The van der Waals surface area contributed by atoms with E-state index >= 15 is 0 Å². The first kappa shape index (κ1) is 14.5. The summed E-state index contributed by atoms with van der Waals surface area (Å²) in [6.45, 7) is 7.27. The molecule has 20 heavy (non-hydrogen) atoms. The van der Waals surface area contributed by atoms with Gasteiger partial charge < -0.3 is 9.72 Å². The number of H-pyrrole nitrogens is 1. The number of thiophene rings is 1. The van der Waals surface area contributed by atoms with Crippen molar-refractivity contribution in [1.29, 1.82) is 0 Å². The van der Waals surface area contributed by atoms with Crippen molar-refractivity contribution in [2.45, 2.75) is 33.8 Å². The highest BCUT2D eigenvalue weighted by Gasteiger charge is 2.17. The Morgan fingerprint density at radius 1 is 1.45 bits per heavy atom. The molecule has 0 aromatic carbocycles. The van der Waals surface area contributed by atoms with Gasteiger partial charge >= 0.3 is 5.97 Å². The highest BCUT2D eigenvalue weighted by molar-refractivity contribution is 7.18. The standard InChI is InChI=1S/C14H16N2O3S/c1-5-6-10(17)19-8(3)12-15-13(18)11-7(2)9(4)20-14(11)16-12/h5-6,8H,1-4H3,(H,15,16,18). The van der Waals surface area contributed by atoms with Gasteiger partial charge in [0.25, 0.3) is 5.56 Å². The number of aromatic amines is 1. The van der Waals surface area contributed by atoms with Crippen LogP contribution in [0.25, 0.3) is 10.2 Å². The second-order valence-corrected chi connectivity index (χ2v) is 5.70. The summed E-state index contributed by atoms with van der Waals surface area (Å²) in [6, 6.07) is 0. The van der Waals surface area contributed by atoms with Crippen LogP contribution in [0.1, 0.15) is 36.2 Å². The van der Waals surface area contributed by atoms with Gasteiger partial charge in [-0.1, -0.05) is 6.08 Å². The van der Waals surface area contributed by atoms with Gasteiger partial charge in [0.15, 0.2) is 11.9 Å². The largest absolute Gasteiger partial charge is 0.451 e. The smallest absolute Gasteiger partial charge is 0.331 e. The second-order valence-electron chi connectivity index (χ2n) is 4.49. The number of fused-ring (bicyclic) bond motifs is 1. The number of carbonyl (C=O) groups is 1. The third-order valence-electron chi connectivity index (χ3n) is 3.04. The third kappa shape index (κ3) is 2.65. The fraction of sp³-hybridized carbons (Fsp3) is 0.357. The summed E-state index contributed by atoms with van der Waals surface area (Å²) < 4.78 is 5.16. The van der Waals surface area contributed by atoms with Crippen LogP contribution in [0.15, 0.2) is 16.9 Å². The Kier molecular flexibility index (Phi) is 4.04. The first-order chi connectivity index (χ1) is 9.43. The lowest BCUT2D eigenvalue weighted by Crippen LogP contribution is -2.16. The van der Waals surface area contributed by atoms with E-state index in [9.17, 15) is 9.59 Å². The molecule has 106 valence electrons. The van der Waals surface area contributed by atoms with Crippen LogP contribution in [0.3, 0.4) is 0 Å². The minimum atomic E-state index is -0.599. The van der Waals surface area contributed by atoms with Crippen molar-refractivity contribution >= 4 is 27.5 Å². The molecule has 1 unspecified atom stereocenters. The molecule has 0 spiro atoms. The summed E-state index contributed by atoms with van der Waals surface area (Å²) in [6.07, 6.45) is 2.32. The first-order valence-electron chi connectivity index (χ1n) is 6.27. The number of esters is 1. The lowest BCUT2D eigenvalue weighted by atomic mass is 10.2. The summed E-state index contributed by atoms with van der Waals surface area (Å²) >= 11 is 1.47. The van der Waals surface area contributed by atoms with Gasteiger partial charge in [-0.15, -0.1) is 11.3 Å². The molecule has 5 nitrogen and oxygen atoms in total. The summed E-state index contributed by atoms with van der Waals surface area (Å²) in [5.41, 5.74) is 0.754. The van der Waals surface area contributed by atoms with Crippen LogP contribution in [0.4, 0.5) is 0 Å². The Morgan fingerprint density at radius 3 is 2.80 bits per heavy atom. The zero-order valence-electron chi connectivity index (χ0n) is 11.8. The molecule has 0 saturated carbocycles. The molecule has 6 heteroatoms. The van der Waals surface area contributed by atoms with E-state index in [0.717, 1.165) is 10.4 Å². The van der Waals surface area contributed by atoms with Gasteiger partial charge in [-0.2, -0.15) is 0 Å². The number of ether oxygens (including phenoxy) is 1. The number of rotatable bonds is 3. The first-order valence-corrected chi connectivity index (χ1v) is 7.09. The fourth-order valence-corrected chi connectivity index (χ4v) is 2.91. The molecule has 2 rings (SSSR count). The van der Waals surface area contributed by atoms with E-state index in [1.807, 2.05) is 13.8 Å². The maximum atomic E-state index is 12.1. The van der Waals surface area contributed by atoms with E-state index in [1.165, 1.54) is 17.4 Å². The van der Waals surface area contributed by atoms with E-state index in [-0.39, 0.29) is 5.56 Å². The van der Waals surface area contributed by atoms with E-state index in [2.05, 4.69) is 9.97 Å². The molecule has 0 radical (unpaired) electrons. The zero-order chi connectivity index (χ0) is 14.9. The molecular formula is C14H16N2O3S. The van der Waals surface area contributed by atoms with Gasteiger partial charge in [-0.25, -0.2) is 9.78 Å². The Bertz CT molecular complexity index is 743. The normalized spacial score (nSPS) is 13.0. The number of hydrogen-bond donors (Lipinski definition) is 1. The Labute approximate surface area is 120 Å². The number of hydrogen-bond acceptors (Lipinski definition) is 5. The zero-order valence-corrected chi connectivity index (χ0v) is 12.6.